The predicted molar refractivity (Wildman–Crippen MR) is 52.9 cm³/mol. The Morgan fingerprint density at radius 3 is 2.60 bits per heavy atom. The quantitative estimate of drug-likeness (QED) is 0.604. The number of hydrogen-bond donors (Lipinski definition) is 2. The molecule has 0 aromatic carbocycles. The Kier molecular flexibility index (Phi) is 3.41. The van der Waals surface area contributed by atoms with Gasteiger partial charge in [-0.05, 0) is 12.1 Å². The number of nitrogens with zero attached hydrogens (tertiary/aromatic N) is 1. The maximum absolute atomic E-state index is 10.6. The molecule has 6 heteroatoms. The molecule has 1 aromatic heterocycles. The van der Waals surface area contributed by atoms with Crippen LogP contribution in [0.2, 0.25) is 5.15 Å². The maximum atomic E-state index is 10.6. The van der Waals surface area contributed by atoms with Gasteiger partial charge >= 0.3 is 11.9 Å². The molecule has 0 aliphatic heterocycles. The monoisotopic (exact) mass is 227 g/mol. The van der Waals surface area contributed by atoms with Crippen LogP contribution >= 0.6 is 11.6 Å². The highest BCUT2D eigenvalue weighted by atomic mass is 35.5. The van der Waals surface area contributed by atoms with Gasteiger partial charge in [0.2, 0.25) is 0 Å². The molecule has 1 heterocycles. The van der Waals surface area contributed by atoms with E-state index in [-0.39, 0.29) is 16.3 Å². The highest BCUT2D eigenvalue weighted by Gasteiger charge is 2.06. The van der Waals surface area contributed by atoms with Crippen LogP contribution in [0.25, 0.3) is 6.08 Å². The zero-order valence-corrected chi connectivity index (χ0v) is 8.10. The summed E-state index contributed by atoms with van der Waals surface area (Å²) in [6, 6.07) is 1.25. The van der Waals surface area contributed by atoms with E-state index >= 15 is 0 Å². The molecule has 78 valence electrons. The van der Waals surface area contributed by atoms with Gasteiger partial charge in [0, 0.05) is 17.8 Å². The Hall–Kier alpha value is -1.88. The first-order valence-electron chi connectivity index (χ1n) is 3.80. The molecule has 1 aromatic rings. The first-order chi connectivity index (χ1) is 7.00. The fourth-order valence-electron chi connectivity index (χ4n) is 0.860. The second-order valence-electron chi connectivity index (χ2n) is 2.58. The highest BCUT2D eigenvalue weighted by molar-refractivity contribution is 6.31. The minimum atomic E-state index is -1.15. The molecular formula is C9H6ClNO4. The van der Waals surface area contributed by atoms with Crippen molar-refractivity contribution < 1.29 is 19.8 Å². The number of aromatic nitrogens is 1. The molecule has 0 spiro atoms. The van der Waals surface area contributed by atoms with Gasteiger partial charge in [-0.15, -0.1) is 0 Å². The number of aliphatic carboxylic acids is 1. The Balaban J connectivity index is 3.11. The van der Waals surface area contributed by atoms with Gasteiger partial charge in [-0.1, -0.05) is 11.6 Å². The molecule has 0 atom stereocenters. The first kappa shape index (κ1) is 11.2. The van der Waals surface area contributed by atoms with Gasteiger partial charge in [0.25, 0.3) is 0 Å². The van der Waals surface area contributed by atoms with Crippen molar-refractivity contribution in [3.05, 3.63) is 34.6 Å². The van der Waals surface area contributed by atoms with Crippen LogP contribution in [0, 0.1) is 0 Å². The third-order valence-electron chi connectivity index (χ3n) is 1.52. The number of halogens is 1. The Labute approximate surface area is 89.6 Å². The van der Waals surface area contributed by atoms with Gasteiger partial charge in [-0.25, -0.2) is 14.6 Å². The van der Waals surface area contributed by atoms with Crippen LogP contribution in [-0.2, 0) is 4.79 Å². The van der Waals surface area contributed by atoms with Gasteiger partial charge in [0.05, 0.1) is 5.56 Å². The number of carboxylic acids is 2. The van der Waals surface area contributed by atoms with Crippen molar-refractivity contribution in [3.63, 3.8) is 0 Å². The normalized spacial score (nSPS) is 10.5. The SMILES string of the molecule is O=C(O)C=Cc1cc(C(=O)O)cnc1Cl. The smallest absolute Gasteiger partial charge is 0.337 e. The lowest BCUT2D eigenvalue weighted by Gasteiger charge is -1.98. The van der Waals surface area contributed by atoms with Gasteiger partial charge in [0.15, 0.2) is 0 Å². The van der Waals surface area contributed by atoms with E-state index in [2.05, 4.69) is 4.98 Å². The van der Waals surface area contributed by atoms with E-state index in [1.165, 1.54) is 12.1 Å². The van der Waals surface area contributed by atoms with Crippen LogP contribution in [0.15, 0.2) is 18.3 Å². The lowest BCUT2D eigenvalue weighted by atomic mass is 10.2. The van der Waals surface area contributed by atoms with Gasteiger partial charge in [0.1, 0.15) is 5.15 Å². The van der Waals surface area contributed by atoms with Crippen LogP contribution in [0.4, 0.5) is 0 Å². The van der Waals surface area contributed by atoms with E-state index in [9.17, 15) is 9.59 Å². The zero-order chi connectivity index (χ0) is 11.4. The van der Waals surface area contributed by atoms with E-state index in [1.54, 1.807) is 0 Å². The molecule has 0 unspecified atom stereocenters. The predicted octanol–water partition coefficient (Wildman–Crippen LogP) is 1.53. The summed E-state index contributed by atoms with van der Waals surface area (Å²) in [4.78, 5) is 24.4. The Morgan fingerprint density at radius 1 is 1.40 bits per heavy atom. The molecule has 0 fully saturated rings. The van der Waals surface area contributed by atoms with Crippen LogP contribution < -0.4 is 0 Å². The Bertz CT molecular complexity index is 442. The average Bonchev–Trinajstić information content (AvgIpc) is 2.16. The van der Waals surface area contributed by atoms with E-state index < -0.39 is 11.9 Å². The lowest BCUT2D eigenvalue weighted by Crippen LogP contribution is -1.98. The summed E-state index contributed by atoms with van der Waals surface area (Å²) >= 11 is 5.64. The number of aromatic carboxylic acids is 1. The zero-order valence-electron chi connectivity index (χ0n) is 7.35. The number of rotatable bonds is 3. The molecule has 15 heavy (non-hydrogen) atoms. The van der Waals surface area contributed by atoms with Crippen molar-refractivity contribution in [3.8, 4) is 0 Å². The fraction of sp³-hybridized carbons (Fsp3) is 0. The third kappa shape index (κ3) is 3.07. The van der Waals surface area contributed by atoms with Gasteiger partial charge < -0.3 is 10.2 Å². The Morgan fingerprint density at radius 2 is 2.07 bits per heavy atom. The summed E-state index contributed by atoms with van der Waals surface area (Å²) < 4.78 is 0. The second-order valence-corrected chi connectivity index (χ2v) is 2.94. The van der Waals surface area contributed by atoms with E-state index in [0.717, 1.165) is 12.3 Å². The van der Waals surface area contributed by atoms with Crippen molar-refractivity contribution in [2.45, 2.75) is 0 Å². The molecule has 5 nitrogen and oxygen atoms in total. The van der Waals surface area contributed by atoms with Gasteiger partial charge in [-0.2, -0.15) is 0 Å². The minimum absolute atomic E-state index is 0.0514. The molecule has 0 saturated heterocycles. The molecule has 0 aliphatic rings. The largest absolute Gasteiger partial charge is 0.478 e. The molecule has 0 amide bonds. The van der Waals surface area contributed by atoms with Crippen molar-refractivity contribution in [1.29, 1.82) is 0 Å². The number of carbonyl (C=O) groups is 2. The molecule has 0 bridgehead atoms. The summed E-state index contributed by atoms with van der Waals surface area (Å²) in [5.41, 5.74) is 0.198. The highest BCUT2D eigenvalue weighted by Crippen LogP contribution is 2.15. The van der Waals surface area contributed by atoms with Crippen LogP contribution in [0.1, 0.15) is 15.9 Å². The van der Waals surface area contributed by atoms with Crippen molar-refractivity contribution in [2.75, 3.05) is 0 Å². The van der Waals surface area contributed by atoms with Gasteiger partial charge in [-0.3, -0.25) is 0 Å². The van der Waals surface area contributed by atoms with Crippen LogP contribution in [0.5, 0.6) is 0 Å². The summed E-state index contributed by atoms with van der Waals surface area (Å²) in [5, 5.41) is 17.1. The van der Waals surface area contributed by atoms with Crippen molar-refractivity contribution in [1.82, 2.24) is 4.98 Å². The third-order valence-corrected chi connectivity index (χ3v) is 1.83. The molecule has 0 radical (unpaired) electrons. The van der Waals surface area contributed by atoms with Crippen molar-refractivity contribution in [2.24, 2.45) is 0 Å². The van der Waals surface area contributed by atoms with Crippen LogP contribution in [-0.4, -0.2) is 27.1 Å². The average molecular weight is 228 g/mol. The first-order valence-corrected chi connectivity index (χ1v) is 4.18. The molecule has 0 saturated carbocycles. The standard InChI is InChI=1S/C9H6ClNO4/c10-8-5(1-2-7(12)13)3-6(4-11-8)9(14)15/h1-4H,(H,12,13)(H,14,15). The number of carboxylic acid groups (broad SMARTS) is 2. The molecule has 1 rings (SSSR count). The maximum Gasteiger partial charge on any atom is 0.337 e. The summed E-state index contributed by atoms with van der Waals surface area (Å²) in [6.07, 6.45) is 3.14. The molecule has 2 N–H and O–H groups in total. The topological polar surface area (TPSA) is 87.5 Å². The van der Waals surface area contributed by atoms with E-state index in [0.29, 0.717) is 0 Å². The van der Waals surface area contributed by atoms with E-state index in [4.69, 9.17) is 21.8 Å². The summed E-state index contributed by atoms with van der Waals surface area (Å²) in [7, 11) is 0. The second kappa shape index (κ2) is 4.56. The lowest BCUT2D eigenvalue weighted by molar-refractivity contribution is -0.131. The summed E-state index contributed by atoms with van der Waals surface area (Å²) in [6.45, 7) is 0. The molecular weight excluding hydrogens is 222 g/mol. The number of hydrogen-bond acceptors (Lipinski definition) is 3. The van der Waals surface area contributed by atoms with Crippen LogP contribution in [0.3, 0.4) is 0 Å². The minimum Gasteiger partial charge on any atom is -0.478 e. The molecule has 0 aliphatic carbocycles. The fourth-order valence-corrected chi connectivity index (χ4v) is 1.03. The van der Waals surface area contributed by atoms with Crippen molar-refractivity contribution >= 4 is 29.6 Å². The van der Waals surface area contributed by atoms with E-state index in [1.807, 2.05) is 0 Å². The number of pyridine rings is 1. The summed E-state index contributed by atoms with van der Waals surface area (Å²) in [5.74, 6) is -2.30.